The van der Waals surface area contributed by atoms with Crippen LogP contribution in [0.4, 0.5) is 11.6 Å². The lowest BCUT2D eigenvalue weighted by molar-refractivity contribution is -0.0870. The molecule has 2 fully saturated rings. The van der Waals surface area contributed by atoms with Crippen molar-refractivity contribution < 1.29 is 14.6 Å². The molecule has 34 heavy (non-hydrogen) atoms. The smallest absolute Gasteiger partial charge is 0.159 e. The van der Waals surface area contributed by atoms with Crippen molar-refractivity contribution in [3.63, 3.8) is 0 Å². The maximum Gasteiger partial charge on any atom is 0.159 e. The van der Waals surface area contributed by atoms with Crippen molar-refractivity contribution in [1.29, 1.82) is 5.26 Å². The summed E-state index contributed by atoms with van der Waals surface area (Å²) in [6.07, 6.45) is -0.350. The molecule has 2 aliphatic heterocycles. The van der Waals surface area contributed by atoms with Crippen LogP contribution in [0.1, 0.15) is 11.1 Å². The van der Waals surface area contributed by atoms with Gasteiger partial charge in [-0.2, -0.15) is 5.26 Å². The number of methoxy groups -OCH3 is 1. The molecule has 0 amide bonds. The zero-order valence-electron chi connectivity index (χ0n) is 18.6. The lowest BCUT2D eigenvalue weighted by Crippen LogP contribution is -2.55. The van der Waals surface area contributed by atoms with Crippen molar-refractivity contribution in [2.45, 2.75) is 12.6 Å². The standard InChI is InChI=1S/C24H24ClN5O3.ClH/c1-32-21-5-3-15(7-20(21)25)9-27-23-19-6-14(8-26)2-4-18(19)24(29-28-23)30-10-16-12-33-13-17(11-30)22(16)31;/h2-7,16-17,22,31H,9-13H2,1H3,(H,27,28);1H. The molecule has 3 aromatic rings. The maximum absolute atomic E-state index is 10.5. The van der Waals surface area contributed by atoms with Crippen LogP contribution in [0.5, 0.6) is 5.75 Å². The zero-order chi connectivity index (χ0) is 22.9. The summed E-state index contributed by atoms with van der Waals surface area (Å²) >= 11 is 6.25. The number of nitrogens with one attached hydrogen (secondary N) is 1. The van der Waals surface area contributed by atoms with Gasteiger partial charge >= 0.3 is 0 Å². The lowest BCUT2D eigenvalue weighted by atomic mass is 9.84. The average molecular weight is 502 g/mol. The molecule has 0 saturated carbocycles. The van der Waals surface area contributed by atoms with Crippen LogP contribution in [0, 0.1) is 23.2 Å². The third-order valence-corrected chi connectivity index (χ3v) is 6.70. The van der Waals surface area contributed by atoms with Gasteiger partial charge in [-0.25, -0.2) is 0 Å². The van der Waals surface area contributed by atoms with E-state index in [9.17, 15) is 10.4 Å². The Balaban J connectivity index is 0.00000274. The van der Waals surface area contributed by atoms with Crippen molar-refractivity contribution in [2.24, 2.45) is 11.8 Å². The molecule has 1 aromatic heterocycles. The molecule has 2 bridgehead atoms. The van der Waals surface area contributed by atoms with Crippen molar-refractivity contribution in [3.05, 3.63) is 52.5 Å². The summed E-state index contributed by atoms with van der Waals surface area (Å²) in [4.78, 5) is 2.18. The first-order valence-corrected chi connectivity index (χ1v) is 11.2. The molecule has 2 aliphatic rings. The summed E-state index contributed by atoms with van der Waals surface area (Å²) < 4.78 is 10.9. The summed E-state index contributed by atoms with van der Waals surface area (Å²) in [5.74, 6) is 2.07. The van der Waals surface area contributed by atoms with Crippen LogP contribution in [-0.4, -0.2) is 54.8 Å². The van der Waals surface area contributed by atoms with E-state index in [1.165, 1.54) is 0 Å². The number of aliphatic hydroxyl groups is 1. The molecule has 8 nitrogen and oxygen atoms in total. The highest BCUT2D eigenvalue weighted by molar-refractivity contribution is 6.32. The Hall–Kier alpha value is -2.83. The van der Waals surface area contributed by atoms with Gasteiger partial charge in [-0.05, 0) is 35.9 Å². The summed E-state index contributed by atoms with van der Waals surface area (Å²) in [5, 5.41) is 34.6. The number of benzene rings is 2. The number of halogens is 2. The van der Waals surface area contributed by atoms with E-state index < -0.39 is 0 Å². The topological polar surface area (TPSA) is 104 Å². The molecule has 5 rings (SSSR count). The van der Waals surface area contributed by atoms with Gasteiger partial charge in [-0.15, -0.1) is 22.6 Å². The molecule has 0 spiro atoms. The van der Waals surface area contributed by atoms with E-state index in [1.54, 1.807) is 13.2 Å². The zero-order valence-corrected chi connectivity index (χ0v) is 20.1. The minimum Gasteiger partial charge on any atom is -0.495 e. The summed E-state index contributed by atoms with van der Waals surface area (Å²) in [5.41, 5.74) is 1.52. The van der Waals surface area contributed by atoms with Gasteiger partial charge in [0.25, 0.3) is 0 Å². The number of aromatic nitrogens is 2. The van der Waals surface area contributed by atoms with Crippen LogP contribution in [0.3, 0.4) is 0 Å². The molecule has 178 valence electrons. The van der Waals surface area contributed by atoms with E-state index in [1.807, 2.05) is 30.3 Å². The van der Waals surface area contributed by atoms with Gasteiger partial charge in [0.15, 0.2) is 11.6 Å². The average Bonchev–Trinajstić information content (AvgIpc) is 2.82. The fourth-order valence-electron chi connectivity index (χ4n) is 4.67. The number of rotatable bonds is 5. The highest BCUT2D eigenvalue weighted by atomic mass is 35.5. The number of hydrogen-bond donors (Lipinski definition) is 2. The molecule has 2 atom stereocenters. The predicted molar refractivity (Wildman–Crippen MR) is 133 cm³/mol. The second-order valence-electron chi connectivity index (χ2n) is 8.52. The molecule has 10 heteroatoms. The third kappa shape index (κ3) is 4.57. The predicted octanol–water partition coefficient (Wildman–Crippen LogP) is 3.64. The molecule has 2 unspecified atom stereocenters. The fourth-order valence-corrected chi connectivity index (χ4v) is 4.95. The molecule has 3 heterocycles. The Labute approximate surface area is 208 Å². The van der Waals surface area contributed by atoms with Crippen LogP contribution in [-0.2, 0) is 11.3 Å². The van der Waals surface area contributed by atoms with E-state index in [2.05, 4.69) is 26.5 Å². The molecule has 0 aliphatic carbocycles. The number of aliphatic hydroxyl groups excluding tert-OH is 1. The number of anilines is 2. The molecule has 2 aromatic carbocycles. The number of nitrogens with zero attached hydrogens (tertiary/aromatic N) is 4. The van der Waals surface area contributed by atoms with Crippen LogP contribution in [0.2, 0.25) is 5.02 Å². The highest BCUT2D eigenvalue weighted by Crippen LogP contribution is 2.35. The number of piperidine rings is 1. The number of fused-ring (bicyclic) bond motifs is 3. The Morgan fingerprint density at radius 2 is 1.94 bits per heavy atom. The maximum atomic E-state index is 10.5. The third-order valence-electron chi connectivity index (χ3n) is 6.40. The van der Waals surface area contributed by atoms with Gasteiger partial charge in [0.1, 0.15) is 5.75 Å². The first-order chi connectivity index (χ1) is 16.1. The number of hydrogen-bond acceptors (Lipinski definition) is 8. The Morgan fingerprint density at radius 3 is 2.62 bits per heavy atom. The highest BCUT2D eigenvalue weighted by Gasteiger charge is 2.40. The summed E-state index contributed by atoms with van der Waals surface area (Å²) in [6, 6.07) is 13.4. The molecule has 2 N–H and O–H groups in total. The Bertz CT molecular complexity index is 1220. The van der Waals surface area contributed by atoms with Crippen LogP contribution in [0.15, 0.2) is 36.4 Å². The van der Waals surface area contributed by atoms with Crippen molar-refractivity contribution in [3.8, 4) is 11.8 Å². The largest absolute Gasteiger partial charge is 0.495 e. The van der Waals surface area contributed by atoms with Gasteiger partial charge in [-0.1, -0.05) is 17.7 Å². The second-order valence-corrected chi connectivity index (χ2v) is 8.93. The van der Waals surface area contributed by atoms with E-state index in [-0.39, 0.29) is 30.3 Å². The monoisotopic (exact) mass is 501 g/mol. The first kappa shape index (κ1) is 24.3. The van der Waals surface area contributed by atoms with Gasteiger partial charge in [-0.3, -0.25) is 0 Å². The van der Waals surface area contributed by atoms with Gasteiger partial charge in [0, 0.05) is 42.2 Å². The van der Waals surface area contributed by atoms with Crippen LogP contribution >= 0.6 is 24.0 Å². The first-order valence-electron chi connectivity index (χ1n) is 10.8. The quantitative estimate of drug-likeness (QED) is 0.545. The summed E-state index contributed by atoms with van der Waals surface area (Å²) in [6.45, 7) is 2.88. The van der Waals surface area contributed by atoms with E-state index in [0.717, 1.165) is 22.2 Å². The van der Waals surface area contributed by atoms with Gasteiger partial charge in [0.2, 0.25) is 0 Å². The van der Waals surface area contributed by atoms with E-state index in [4.69, 9.17) is 21.1 Å². The number of nitriles is 1. The number of ether oxygens (including phenoxy) is 2. The minimum absolute atomic E-state index is 0. The van der Waals surface area contributed by atoms with Crippen molar-refractivity contribution in [1.82, 2.24) is 10.2 Å². The minimum atomic E-state index is -0.350. The Morgan fingerprint density at radius 1 is 1.18 bits per heavy atom. The van der Waals surface area contributed by atoms with E-state index >= 15 is 0 Å². The second kappa shape index (κ2) is 10.2. The van der Waals surface area contributed by atoms with Crippen LogP contribution < -0.4 is 15.0 Å². The van der Waals surface area contributed by atoms with Gasteiger partial charge < -0.3 is 24.8 Å². The molecule has 0 radical (unpaired) electrons. The van der Waals surface area contributed by atoms with Crippen molar-refractivity contribution >= 4 is 46.4 Å². The molecular formula is C24H25Cl2N5O3. The van der Waals surface area contributed by atoms with E-state index in [0.29, 0.717) is 55.0 Å². The lowest BCUT2D eigenvalue weighted by Gasteiger charge is -2.45. The van der Waals surface area contributed by atoms with Gasteiger partial charge in [0.05, 0.1) is 43.1 Å². The Kier molecular flexibility index (Phi) is 7.29. The van der Waals surface area contributed by atoms with Crippen LogP contribution in [0.25, 0.3) is 10.8 Å². The summed E-state index contributed by atoms with van der Waals surface area (Å²) in [7, 11) is 1.58. The normalized spacial score (nSPS) is 21.5. The molecular weight excluding hydrogens is 477 g/mol. The molecule has 2 saturated heterocycles. The SMILES string of the molecule is COc1ccc(CNc2nnc(N3CC4COCC(C3)C4O)c3ccc(C#N)cc23)cc1Cl.Cl. The fraction of sp³-hybridized carbons (Fsp3) is 0.375. The van der Waals surface area contributed by atoms with Crippen molar-refractivity contribution in [2.75, 3.05) is 43.6 Å².